The summed E-state index contributed by atoms with van der Waals surface area (Å²) in [6, 6.07) is 18.6. The van der Waals surface area contributed by atoms with Crippen LogP contribution < -0.4 is 10.2 Å². The second-order valence-electron chi connectivity index (χ2n) is 10.1. The molecule has 1 saturated heterocycles. The van der Waals surface area contributed by atoms with Gasteiger partial charge in [-0.3, -0.25) is 9.59 Å². The molecule has 8 heteroatoms. The Hall–Kier alpha value is -3.36. The minimum Gasteiger partial charge on any atom is -0.352 e. The fourth-order valence-electron chi connectivity index (χ4n) is 5.56. The molecule has 3 aromatic carbocycles. The van der Waals surface area contributed by atoms with E-state index >= 15 is 0 Å². The van der Waals surface area contributed by atoms with Gasteiger partial charge in [-0.2, -0.15) is 0 Å². The molecule has 2 unspecified atom stereocenters. The summed E-state index contributed by atoms with van der Waals surface area (Å²) in [5.74, 6) is -1.07. The van der Waals surface area contributed by atoms with Crippen molar-refractivity contribution in [2.75, 3.05) is 24.5 Å². The molecule has 0 aromatic heterocycles. The summed E-state index contributed by atoms with van der Waals surface area (Å²) < 4.78 is 28.2. The standard InChI is InChI=1S/C31H34FN3O3S/c1-2-24-11-7-8-18-34(24)19-9-17-33-30(36)22-15-16-29-27(20-22)35(21-23-10-3-5-13-26(23)32)31(37)25-12-4-6-14-28(25)39(29)38/h3-6,10,12-16,20,24H,2,7-9,11,17-19,21H2,1H3,(H,33,36). The Morgan fingerprint density at radius 2 is 1.85 bits per heavy atom. The predicted molar refractivity (Wildman–Crippen MR) is 151 cm³/mol. The zero-order valence-electron chi connectivity index (χ0n) is 22.2. The van der Waals surface area contributed by atoms with Crippen molar-refractivity contribution in [3.63, 3.8) is 0 Å². The summed E-state index contributed by atoms with van der Waals surface area (Å²) >= 11 is 0. The molecule has 0 spiro atoms. The molecular weight excluding hydrogens is 513 g/mol. The summed E-state index contributed by atoms with van der Waals surface area (Å²) in [5, 5.41) is 3.00. The van der Waals surface area contributed by atoms with Crippen LogP contribution in [0, 0.1) is 5.82 Å². The van der Waals surface area contributed by atoms with E-state index in [0.717, 1.165) is 25.9 Å². The van der Waals surface area contributed by atoms with Crippen molar-refractivity contribution in [2.45, 2.75) is 61.4 Å². The van der Waals surface area contributed by atoms with Crippen molar-refractivity contribution in [3.8, 4) is 0 Å². The number of nitrogens with zero attached hydrogens (tertiary/aromatic N) is 2. The number of nitrogens with one attached hydrogen (secondary N) is 1. The molecular formula is C31H34FN3O3S. The molecule has 39 heavy (non-hydrogen) atoms. The van der Waals surface area contributed by atoms with Gasteiger partial charge in [0.1, 0.15) is 5.82 Å². The number of hydrogen-bond acceptors (Lipinski definition) is 4. The van der Waals surface area contributed by atoms with E-state index in [1.54, 1.807) is 60.7 Å². The van der Waals surface area contributed by atoms with Crippen LogP contribution >= 0.6 is 0 Å². The summed E-state index contributed by atoms with van der Waals surface area (Å²) in [6.45, 7) is 4.78. The van der Waals surface area contributed by atoms with Gasteiger partial charge in [0.25, 0.3) is 11.8 Å². The third kappa shape index (κ3) is 5.82. The Bertz CT molecular complexity index is 1390. The lowest BCUT2D eigenvalue weighted by Crippen LogP contribution is -2.40. The molecule has 0 saturated carbocycles. The first-order chi connectivity index (χ1) is 19.0. The Balaban J connectivity index is 1.38. The molecule has 2 atom stereocenters. The van der Waals surface area contributed by atoms with Crippen LogP contribution in [0.25, 0.3) is 0 Å². The van der Waals surface area contributed by atoms with Crippen molar-refractivity contribution in [3.05, 3.63) is 89.2 Å². The predicted octanol–water partition coefficient (Wildman–Crippen LogP) is 5.54. The van der Waals surface area contributed by atoms with Gasteiger partial charge in [-0.05, 0) is 68.6 Å². The Morgan fingerprint density at radius 1 is 1.05 bits per heavy atom. The second kappa shape index (κ2) is 12.2. The number of rotatable bonds is 8. The van der Waals surface area contributed by atoms with Gasteiger partial charge in [0.05, 0.1) is 38.4 Å². The maximum Gasteiger partial charge on any atom is 0.259 e. The molecule has 3 aromatic rings. The maximum absolute atomic E-state index is 14.6. The monoisotopic (exact) mass is 547 g/mol. The number of piperidine rings is 1. The lowest BCUT2D eigenvalue weighted by Gasteiger charge is -2.35. The Labute approximate surface area is 231 Å². The molecule has 2 heterocycles. The summed E-state index contributed by atoms with van der Waals surface area (Å²) in [4.78, 5) is 31.6. The highest BCUT2D eigenvalue weighted by molar-refractivity contribution is 7.85. The van der Waals surface area contributed by atoms with Crippen LogP contribution in [-0.4, -0.2) is 46.6 Å². The first kappa shape index (κ1) is 27.2. The van der Waals surface area contributed by atoms with Crippen LogP contribution in [-0.2, 0) is 17.3 Å². The average Bonchev–Trinajstić information content (AvgIpc) is 3.05. The lowest BCUT2D eigenvalue weighted by molar-refractivity contribution is 0.0944. The normalized spacial score (nSPS) is 19.2. The fourth-order valence-corrected chi connectivity index (χ4v) is 6.91. The highest BCUT2D eigenvalue weighted by Crippen LogP contribution is 2.36. The zero-order valence-corrected chi connectivity index (χ0v) is 23.0. The molecule has 2 aliphatic rings. The van der Waals surface area contributed by atoms with Crippen molar-refractivity contribution >= 4 is 28.3 Å². The molecule has 204 valence electrons. The minimum atomic E-state index is -1.64. The van der Waals surface area contributed by atoms with E-state index in [9.17, 15) is 18.2 Å². The number of likely N-dealkylation sites (tertiary alicyclic amines) is 1. The zero-order chi connectivity index (χ0) is 27.4. The highest BCUT2D eigenvalue weighted by Gasteiger charge is 2.32. The number of carbonyl (C=O) groups is 2. The van der Waals surface area contributed by atoms with Gasteiger partial charge in [-0.25, -0.2) is 8.60 Å². The van der Waals surface area contributed by atoms with E-state index in [2.05, 4.69) is 17.1 Å². The average molecular weight is 548 g/mol. The summed E-state index contributed by atoms with van der Waals surface area (Å²) in [7, 11) is -1.64. The molecule has 0 aliphatic carbocycles. The van der Waals surface area contributed by atoms with Crippen LogP contribution in [0.1, 0.15) is 65.3 Å². The summed E-state index contributed by atoms with van der Waals surface area (Å²) in [5.41, 5.74) is 1.36. The first-order valence-electron chi connectivity index (χ1n) is 13.7. The molecule has 1 fully saturated rings. The lowest BCUT2D eigenvalue weighted by atomic mass is 10.00. The number of halogens is 1. The Kier molecular flexibility index (Phi) is 8.53. The van der Waals surface area contributed by atoms with E-state index in [1.807, 2.05) is 0 Å². The van der Waals surface area contributed by atoms with E-state index in [0.29, 0.717) is 44.8 Å². The Morgan fingerprint density at radius 3 is 2.67 bits per heavy atom. The van der Waals surface area contributed by atoms with Crippen LogP contribution in [0.5, 0.6) is 0 Å². The number of benzene rings is 3. The smallest absolute Gasteiger partial charge is 0.259 e. The third-order valence-corrected chi connectivity index (χ3v) is 9.19. The van der Waals surface area contributed by atoms with Crippen molar-refractivity contribution < 1.29 is 18.2 Å². The molecule has 1 N–H and O–H groups in total. The number of fused-ring (bicyclic) bond motifs is 2. The van der Waals surface area contributed by atoms with Gasteiger partial charge in [0.2, 0.25) is 0 Å². The van der Waals surface area contributed by atoms with E-state index < -0.39 is 16.6 Å². The number of carbonyl (C=O) groups excluding carboxylic acids is 2. The SMILES string of the molecule is CCC1CCCCN1CCCNC(=O)c1ccc2c(c1)N(Cc1ccccc1F)C(=O)c1ccccc1S2=O. The number of amides is 2. The van der Waals surface area contributed by atoms with E-state index in [1.165, 1.54) is 30.2 Å². The third-order valence-electron chi connectivity index (χ3n) is 7.69. The maximum atomic E-state index is 14.6. The molecule has 0 bridgehead atoms. The topological polar surface area (TPSA) is 69.7 Å². The molecule has 2 aliphatic heterocycles. The van der Waals surface area contributed by atoms with Crippen LogP contribution in [0.4, 0.5) is 10.1 Å². The highest BCUT2D eigenvalue weighted by atomic mass is 32.2. The van der Waals surface area contributed by atoms with Crippen LogP contribution in [0.15, 0.2) is 76.5 Å². The van der Waals surface area contributed by atoms with Gasteiger partial charge in [-0.1, -0.05) is 43.7 Å². The van der Waals surface area contributed by atoms with Gasteiger partial charge in [-0.15, -0.1) is 0 Å². The first-order valence-corrected chi connectivity index (χ1v) is 14.8. The molecule has 2 amide bonds. The van der Waals surface area contributed by atoms with Gasteiger partial charge < -0.3 is 15.1 Å². The summed E-state index contributed by atoms with van der Waals surface area (Å²) in [6.07, 6.45) is 5.76. The van der Waals surface area contributed by atoms with Gasteiger partial charge >= 0.3 is 0 Å². The quantitative estimate of drug-likeness (QED) is 0.376. The fraction of sp³-hybridized carbons (Fsp3) is 0.355. The largest absolute Gasteiger partial charge is 0.352 e. The van der Waals surface area contributed by atoms with Gasteiger partial charge in [0, 0.05) is 30.3 Å². The van der Waals surface area contributed by atoms with Crippen LogP contribution in [0.3, 0.4) is 0 Å². The number of hydrogen-bond donors (Lipinski definition) is 1. The van der Waals surface area contributed by atoms with Crippen molar-refractivity contribution in [1.82, 2.24) is 10.2 Å². The molecule has 0 radical (unpaired) electrons. The van der Waals surface area contributed by atoms with E-state index in [4.69, 9.17) is 0 Å². The van der Waals surface area contributed by atoms with E-state index in [-0.39, 0.29) is 18.4 Å². The van der Waals surface area contributed by atoms with Crippen molar-refractivity contribution in [1.29, 1.82) is 0 Å². The number of anilines is 1. The molecule has 6 nitrogen and oxygen atoms in total. The van der Waals surface area contributed by atoms with Crippen LogP contribution in [0.2, 0.25) is 0 Å². The second-order valence-corrected chi connectivity index (χ2v) is 11.6. The minimum absolute atomic E-state index is 0.0520. The van der Waals surface area contributed by atoms with Gasteiger partial charge in [0.15, 0.2) is 0 Å². The molecule has 5 rings (SSSR count). The van der Waals surface area contributed by atoms with Crippen molar-refractivity contribution in [2.24, 2.45) is 0 Å².